The first-order valence-electron chi connectivity index (χ1n) is 6.22. The first-order valence-corrected chi connectivity index (χ1v) is 6.22. The van der Waals surface area contributed by atoms with Gasteiger partial charge in [0.15, 0.2) is 0 Å². The minimum Gasteiger partial charge on any atom is -0.323 e. The number of nitriles is 1. The van der Waals surface area contributed by atoms with E-state index >= 15 is 0 Å². The van der Waals surface area contributed by atoms with Crippen LogP contribution in [0, 0.1) is 18.3 Å². The fourth-order valence-corrected chi connectivity index (χ4v) is 1.91. The lowest BCUT2D eigenvalue weighted by Gasteiger charge is -2.11. The molecule has 22 heavy (non-hydrogen) atoms. The van der Waals surface area contributed by atoms with Gasteiger partial charge in [0.05, 0.1) is 16.9 Å². The number of aryl methyl sites for hydroxylation is 1. The number of amides is 1. The van der Waals surface area contributed by atoms with Crippen molar-refractivity contribution in [1.82, 2.24) is 9.78 Å². The maximum Gasteiger partial charge on any atom is 0.433 e. The van der Waals surface area contributed by atoms with Gasteiger partial charge in [-0.15, -0.1) is 0 Å². The second-order valence-corrected chi connectivity index (χ2v) is 4.53. The summed E-state index contributed by atoms with van der Waals surface area (Å²) in [6, 6.07) is 8.97. The molecule has 0 spiro atoms. The molecule has 0 saturated carbocycles. The zero-order valence-corrected chi connectivity index (χ0v) is 11.5. The van der Waals surface area contributed by atoms with Crippen molar-refractivity contribution in [2.75, 3.05) is 5.32 Å². The highest BCUT2D eigenvalue weighted by molar-refractivity contribution is 5.91. The number of nitrogens with one attached hydrogen (secondary N) is 1. The number of hydrogen-bond donors (Lipinski definition) is 1. The van der Waals surface area contributed by atoms with Crippen molar-refractivity contribution in [2.45, 2.75) is 19.6 Å². The highest BCUT2D eigenvalue weighted by atomic mass is 19.4. The second-order valence-electron chi connectivity index (χ2n) is 4.53. The minimum absolute atomic E-state index is 0.164. The van der Waals surface area contributed by atoms with E-state index < -0.39 is 24.3 Å². The van der Waals surface area contributed by atoms with Gasteiger partial charge in [0.1, 0.15) is 18.3 Å². The van der Waals surface area contributed by atoms with E-state index in [-0.39, 0.29) is 16.9 Å². The molecule has 0 saturated heterocycles. The van der Waals surface area contributed by atoms with Gasteiger partial charge in [-0.25, -0.2) is 0 Å². The molecule has 0 unspecified atom stereocenters. The largest absolute Gasteiger partial charge is 0.433 e. The standard InChI is InChI=1S/C14H11F3N4O/c1-9-6-12(14(15,16)17)21(20-9)8-13(22)19-11-5-3-2-4-10(11)7-18/h2-6H,8H2,1H3,(H,19,22). The van der Waals surface area contributed by atoms with Gasteiger partial charge in [-0.05, 0) is 25.1 Å². The van der Waals surface area contributed by atoms with Crippen molar-refractivity contribution in [3.05, 3.63) is 47.3 Å². The number of carbonyl (C=O) groups excluding carboxylic acids is 1. The average Bonchev–Trinajstić information content (AvgIpc) is 2.80. The third-order valence-electron chi connectivity index (χ3n) is 2.81. The lowest BCUT2D eigenvalue weighted by molar-refractivity contribution is -0.144. The molecule has 8 heteroatoms. The Morgan fingerprint density at radius 3 is 2.73 bits per heavy atom. The number of benzene rings is 1. The van der Waals surface area contributed by atoms with E-state index in [0.29, 0.717) is 4.68 Å². The van der Waals surface area contributed by atoms with Crippen LogP contribution in [-0.2, 0) is 17.5 Å². The number of para-hydroxylation sites is 1. The Morgan fingerprint density at radius 2 is 2.09 bits per heavy atom. The number of nitrogens with zero attached hydrogens (tertiary/aromatic N) is 3. The molecule has 2 rings (SSSR count). The van der Waals surface area contributed by atoms with Gasteiger partial charge in [0.25, 0.3) is 0 Å². The number of anilines is 1. The van der Waals surface area contributed by atoms with E-state index in [9.17, 15) is 18.0 Å². The monoisotopic (exact) mass is 308 g/mol. The fourth-order valence-electron chi connectivity index (χ4n) is 1.91. The predicted molar refractivity (Wildman–Crippen MR) is 71.8 cm³/mol. The van der Waals surface area contributed by atoms with Crippen molar-refractivity contribution in [3.63, 3.8) is 0 Å². The summed E-state index contributed by atoms with van der Waals surface area (Å²) in [5.74, 6) is -0.698. The van der Waals surface area contributed by atoms with Crippen molar-refractivity contribution in [3.8, 4) is 6.07 Å². The summed E-state index contributed by atoms with van der Waals surface area (Å²) in [7, 11) is 0. The zero-order valence-electron chi connectivity index (χ0n) is 11.5. The molecule has 0 radical (unpaired) electrons. The minimum atomic E-state index is -4.59. The third-order valence-corrected chi connectivity index (χ3v) is 2.81. The summed E-state index contributed by atoms with van der Waals surface area (Å²) in [6.07, 6.45) is -4.59. The van der Waals surface area contributed by atoms with Crippen LogP contribution in [0.5, 0.6) is 0 Å². The van der Waals surface area contributed by atoms with Crippen molar-refractivity contribution >= 4 is 11.6 Å². The van der Waals surface area contributed by atoms with Gasteiger partial charge in [0, 0.05) is 0 Å². The number of hydrogen-bond acceptors (Lipinski definition) is 3. The van der Waals surface area contributed by atoms with E-state index in [1.54, 1.807) is 12.1 Å². The highest BCUT2D eigenvalue weighted by Gasteiger charge is 2.35. The first kappa shape index (κ1) is 15.6. The Morgan fingerprint density at radius 1 is 1.41 bits per heavy atom. The number of rotatable bonds is 3. The Hall–Kier alpha value is -2.82. The molecule has 1 heterocycles. The van der Waals surface area contributed by atoms with Gasteiger partial charge >= 0.3 is 6.18 Å². The number of halogens is 3. The van der Waals surface area contributed by atoms with Crippen LogP contribution < -0.4 is 5.32 Å². The first-order chi connectivity index (χ1) is 10.3. The molecule has 1 aromatic heterocycles. The normalized spacial score (nSPS) is 11.0. The lowest BCUT2D eigenvalue weighted by Crippen LogP contribution is -2.24. The molecule has 2 aromatic rings. The smallest absolute Gasteiger partial charge is 0.323 e. The Kier molecular flexibility index (Phi) is 4.17. The van der Waals surface area contributed by atoms with E-state index in [1.807, 2.05) is 6.07 Å². The summed E-state index contributed by atoms with van der Waals surface area (Å²) in [5.41, 5.74) is -0.359. The summed E-state index contributed by atoms with van der Waals surface area (Å²) in [5, 5.41) is 15.0. The van der Waals surface area contributed by atoms with E-state index in [4.69, 9.17) is 5.26 Å². The molecule has 1 amide bonds. The quantitative estimate of drug-likeness (QED) is 0.947. The van der Waals surface area contributed by atoms with Gasteiger partial charge in [0.2, 0.25) is 5.91 Å². The Labute approximate surface area is 124 Å². The third kappa shape index (κ3) is 3.44. The van der Waals surface area contributed by atoms with Crippen molar-refractivity contribution in [2.24, 2.45) is 0 Å². The number of carbonyl (C=O) groups is 1. The van der Waals surface area contributed by atoms with E-state index in [1.165, 1.54) is 19.1 Å². The van der Waals surface area contributed by atoms with Crippen molar-refractivity contribution < 1.29 is 18.0 Å². The fraction of sp³-hybridized carbons (Fsp3) is 0.214. The molecule has 0 aliphatic rings. The zero-order chi connectivity index (χ0) is 16.3. The van der Waals surface area contributed by atoms with Crippen LogP contribution in [0.2, 0.25) is 0 Å². The summed E-state index contributed by atoms with van der Waals surface area (Å²) in [4.78, 5) is 11.9. The van der Waals surface area contributed by atoms with Crippen LogP contribution in [-0.4, -0.2) is 15.7 Å². The average molecular weight is 308 g/mol. The number of alkyl halides is 3. The number of aromatic nitrogens is 2. The van der Waals surface area contributed by atoms with Gasteiger partial charge in [-0.3, -0.25) is 9.48 Å². The summed E-state index contributed by atoms with van der Waals surface area (Å²) >= 11 is 0. The highest BCUT2D eigenvalue weighted by Crippen LogP contribution is 2.29. The van der Waals surface area contributed by atoms with Gasteiger partial charge in [-0.2, -0.15) is 23.5 Å². The Bertz CT molecular complexity index is 743. The molecule has 0 fully saturated rings. The topological polar surface area (TPSA) is 70.7 Å². The van der Waals surface area contributed by atoms with Crippen LogP contribution >= 0.6 is 0 Å². The Balaban J connectivity index is 2.19. The van der Waals surface area contributed by atoms with Crippen molar-refractivity contribution in [1.29, 1.82) is 5.26 Å². The summed E-state index contributed by atoms with van der Waals surface area (Å²) < 4.78 is 39.1. The predicted octanol–water partition coefficient (Wildman–Crippen LogP) is 2.72. The molecule has 1 N–H and O–H groups in total. The van der Waals surface area contributed by atoms with Crippen LogP contribution in [0.25, 0.3) is 0 Å². The molecule has 1 aromatic carbocycles. The molecule has 0 aliphatic carbocycles. The molecular formula is C14H11F3N4O. The van der Waals surface area contributed by atoms with E-state index in [2.05, 4.69) is 10.4 Å². The maximum atomic E-state index is 12.8. The van der Waals surface area contributed by atoms with Crippen LogP contribution in [0.15, 0.2) is 30.3 Å². The van der Waals surface area contributed by atoms with Crippen LogP contribution in [0.3, 0.4) is 0 Å². The van der Waals surface area contributed by atoms with E-state index in [0.717, 1.165) is 6.07 Å². The summed E-state index contributed by atoms with van der Waals surface area (Å²) in [6.45, 7) is 0.817. The molecule has 114 valence electrons. The molecular weight excluding hydrogens is 297 g/mol. The second kappa shape index (κ2) is 5.89. The lowest BCUT2D eigenvalue weighted by atomic mass is 10.2. The molecule has 0 aliphatic heterocycles. The molecule has 0 atom stereocenters. The van der Waals surface area contributed by atoms with Gasteiger partial charge < -0.3 is 5.32 Å². The van der Waals surface area contributed by atoms with Gasteiger partial charge in [-0.1, -0.05) is 12.1 Å². The molecule has 0 bridgehead atoms. The van der Waals surface area contributed by atoms with Crippen LogP contribution in [0.1, 0.15) is 17.0 Å². The molecule has 5 nitrogen and oxygen atoms in total. The SMILES string of the molecule is Cc1cc(C(F)(F)F)n(CC(=O)Nc2ccccc2C#N)n1. The van der Waals surface area contributed by atoms with Crippen LogP contribution in [0.4, 0.5) is 18.9 Å². The maximum absolute atomic E-state index is 12.8.